The molecule has 0 saturated heterocycles. The van der Waals surface area contributed by atoms with Crippen molar-refractivity contribution < 1.29 is 24.1 Å². The third-order valence-electron chi connectivity index (χ3n) is 3.20. The number of rotatable bonds is 8. The number of hydrogen-bond donors (Lipinski definition) is 2. The summed E-state index contributed by atoms with van der Waals surface area (Å²) in [5.41, 5.74) is 7.58. The lowest BCUT2D eigenvalue weighted by molar-refractivity contribution is -0.131. The number of nitrogens with two attached hydrogens (primary N) is 1. The molecular weight excluding hydrogens is 324 g/mol. The fraction of sp³-hybridized carbons (Fsp3) is 0.222. The molecule has 25 heavy (non-hydrogen) atoms. The lowest BCUT2D eigenvalue weighted by atomic mass is 10.1. The Kier molecular flexibility index (Phi) is 6.36. The predicted molar refractivity (Wildman–Crippen MR) is 93.9 cm³/mol. The van der Waals surface area contributed by atoms with Crippen LogP contribution in [0, 0.1) is 6.92 Å². The number of anilines is 1. The van der Waals surface area contributed by atoms with E-state index in [4.69, 9.17) is 25.1 Å². The first kappa shape index (κ1) is 18.3. The smallest absolute Gasteiger partial charge is 0.328 e. The van der Waals surface area contributed by atoms with Gasteiger partial charge in [0.2, 0.25) is 5.88 Å². The molecule has 0 atom stereocenters. The quantitative estimate of drug-likeness (QED) is 0.560. The number of carbonyl (C=O) groups is 1. The Morgan fingerprint density at radius 1 is 1.32 bits per heavy atom. The molecule has 7 heteroatoms. The van der Waals surface area contributed by atoms with E-state index in [1.165, 1.54) is 12.3 Å². The van der Waals surface area contributed by atoms with Crippen LogP contribution < -0.4 is 15.2 Å². The molecule has 1 aromatic heterocycles. The Bertz CT molecular complexity index is 774. The Morgan fingerprint density at radius 3 is 2.80 bits per heavy atom. The van der Waals surface area contributed by atoms with E-state index in [2.05, 4.69) is 4.98 Å². The van der Waals surface area contributed by atoms with Crippen molar-refractivity contribution in [3.8, 4) is 17.4 Å². The van der Waals surface area contributed by atoms with Crippen LogP contribution in [-0.2, 0) is 9.53 Å². The van der Waals surface area contributed by atoms with Gasteiger partial charge in [-0.15, -0.1) is 0 Å². The van der Waals surface area contributed by atoms with Gasteiger partial charge in [0.1, 0.15) is 18.1 Å². The van der Waals surface area contributed by atoms with E-state index in [1.807, 2.05) is 6.92 Å². The van der Waals surface area contributed by atoms with E-state index in [1.54, 1.807) is 31.4 Å². The van der Waals surface area contributed by atoms with E-state index >= 15 is 0 Å². The molecule has 0 aliphatic rings. The average molecular weight is 344 g/mol. The number of carboxylic acids is 1. The Balaban J connectivity index is 2.32. The zero-order chi connectivity index (χ0) is 18.2. The normalized spacial score (nSPS) is 10.8. The molecule has 1 heterocycles. The predicted octanol–water partition coefficient (Wildman–Crippen LogP) is 2.89. The largest absolute Gasteiger partial charge is 0.491 e. The van der Waals surface area contributed by atoms with Crippen LogP contribution in [0.15, 0.2) is 36.5 Å². The van der Waals surface area contributed by atoms with Crippen molar-refractivity contribution in [1.82, 2.24) is 4.98 Å². The SMILES string of the molecule is COCCOc1ccc(/C=C/C(=O)O)c(Oc2ncc(N)cc2C)c1. The number of carboxylic acid groups (broad SMARTS) is 1. The maximum absolute atomic E-state index is 10.8. The molecule has 2 rings (SSSR count). The molecule has 0 amide bonds. The molecule has 0 saturated carbocycles. The van der Waals surface area contributed by atoms with Crippen molar-refractivity contribution in [2.75, 3.05) is 26.1 Å². The number of aromatic nitrogens is 1. The first-order valence-corrected chi connectivity index (χ1v) is 7.56. The number of ether oxygens (including phenoxy) is 3. The number of benzene rings is 1. The lowest BCUT2D eigenvalue weighted by Crippen LogP contribution is -2.04. The van der Waals surface area contributed by atoms with E-state index in [0.29, 0.717) is 41.8 Å². The van der Waals surface area contributed by atoms with Crippen LogP contribution in [0.3, 0.4) is 0 Å². The minimum atomic E-state index is -1.05. The number of aliphatic carboxylic acids is 1. The van der Waals surface area contributed by atoms with E-state index < -0.39 is 5.97 Å². The second-order valence-electron chi connectivity index (χ2n) is 5.21. The highest BCUT2D eigenvalue weighted by Crippen LogP contribution is 2.31. The number of nitrogens with zero attached hydrogens (tertiary/aromatic N) is 1. The van der Waals surface area contributed by atoms with E-state index in [-0.39, 0.29) is 0 Å². The van der Waals surface area contributed by atoms with Crippen LogP contribution in [0.2, 0.25) is 0 Å². The molecule has 0 spiro atoms. The topological polar surface area (TPSA) is 104 Å². The van der Waals surface area contributed by atoms with E-state index in [9.17, 15) is 4.79 Å². The molecule has 0 aliphatic carbocycles. The molecule has 2 aromatic rings. The number of methoxy groups -OCH3 is 1. The maximum Gasteiger partial charge on any atom is 0.328 e. The van der Waals surface area contributed by atoms with Crippen LogP contribution in [-0.4, -0.2) is 36.4 Å². The zero-order valence-corrected chi connectivity index (χ0v) is 14.1. The molecular formula is C18H20N2O5. The highest BCUT2D eigenvalue weighted by Gasteiger charge is 2.09. The molecule has 0 radical (unpaired) electrons. The van der Waals surface area contributed by atoms with Crippen LogP contribution in [0.25, 0.3) is 6.08 Å². The summed E-state index contributed by atoms with van der Waals surface area (Å²) >= 11 is 0. The van der Waals surface area contributed by atoms with Gasteiger partial charge in [0, 0.05) is 30.4 Å². The number of hydrogen-bond acceptors (Lipinski definition) is 6. The highest BCUT2D eigenvalue weighted by molar-refractivity contribution is 5.86. The first-order chi connectivity index (χ1) is 12.0. The average Bonchev–Trinajstić information content (AvgIpc) is 2.56. The summed E-state index contributed by atoms with van der Waals surface area (Å²) in [6, 6.07) is 6.86. The van der Waals surface area contributed by atoms with Crippen molar-refractivity contribution in [3.63, 3.8) is 0 Å². The van der Waals surface area contributed by atoms with Gasteiger partial charge in [-0.05, 0) is 31.2 Å². The van der Waals surface area contributed by atoms with E-state index in [0.717, 1.165) is 11.6 Å². The van der Waals surface area contributed by atoms with Crippen molar-refractivity contribution in [2.24, 2.45) is 0 Å². The number of pyridine rings is 1. The summed E-state index contributed by atoms with van der Waals surface area (Å²) < 4.78 is 16.4. The lowest BCUT2D eigenvalue weighted by Gasteiger charge is -2.13. The monoisotopic (exact) mass is 344 g/mol. The standard InChI is InChI=1S/C18H20N2O5/c1-12-9-14(19)11-20-18(12)25-16-10-15(24-8-7-23-2)5-3-13(16)4-6-17(21)22/h3-6,9-11H,7-8,19H2,1-2H3,(H,21,22)/b6-4+. The van der Waals surface area contributed by atoms with Gasteiger partial charge >= 0.3 is 5.97 Å². The van der Waals surface area contributed by atoms with Gasteiger partial charge in [0.25, 0.3) is 0 Å². The molecule has 0 bridgehead atoms. The van der Waals surface area contributed by atoms with Gasteiger partial charge in [0.15, 0.2) is 0 Å². The molecule has 0 aliphatic heterocycles. The van der Waals surface area contributed by atoms with Crippen molar-refractivity contribution >= 4 is 17.7 Å². The van der Waals surface area contributed by atoms with Crippen LogP contribution in [0.5, 0.6) is 17.4 Å². The molecule has 0 fully saturated rings. The van der Waals surface area contributed by atoms with Crippen LogP contribution in [0.1, 0.15) is 11.1 Å². The second kappa shape index (κ2) is 8.70. The summed E-state index contributed by atoms with van der Waals surface area (Å²) in [6.07, 6.45) is 3.98. The number of nitrogen functional groups attached to an aromatic ring is 1. The maximum atomic E-state index is 10.8. The van der Waals surface area contributed by atoms with Crippen molar-refractivity contribution in [3.05, 3.63) is 47.7 Å². The summed E-state index contributed by atoms with van der Waals surface area (Å²) in [5, 5.41) is 8.84. The fourth-order valence-electron chi connectivity index (χ4n) is 2.03. The molecule has 7 nitrogen and oxygen atoms in total. The molecule has 132 valence electrons. The Labute approximate surface area is 145 Å². The Hall–Kier alpha value is -3.06. The van der Waals surface area contributed by atoms with Crippen molar-refractivity contribution in [2.45, 2.75) is 6.92 Å². The summed E-state index contributed by atoms with van der Waals surface area (Å²) in [7, 11) is 1.59. The van der Waals surface area contributed by atoms with Crippen molar-refractivity contribution in [1.29, 1.82) is 0 Å². The van der Waals surface area contributed by atoms with Gasteiger partial charge < -0.3 is 25.1 Å². The third kappa shape index (κ3) is 5.50. The molecule has 0 unspecified atom stereocenters. The second-order valence-corrected chi connectivity index (χ2v) is 5.21. The van der Waals surface area contributed by atoms with Gasteiger partial charge in [-0.2, -0.15) is 0 Å². The Morgan fingerprint density at radius 2 is 2.12 bits per heavy atom. The minimum absolute atomic E-state index is 0.383. The van der Waals surface area contributed by atoms with Crippen LogP contribution in [0.4, 0.5) is 5.69 Å². The third-order valence-corrected chi connectivity index (χ3v) is 3.20. The summed E-state index contributed by atoms with van der Waals surface area (Å²) in [6.45, 7) is 2.67. The molecule has 1 aromatic carbocycles. The van der Waals surface area contributed by atoms with Gasteiger partial charge in [0.05, 0.1) is 18.5 Å². The van der Waals surface area contributed by atoms with Gasteiger partial charge in [-0.1, -0.05) is 0 Å². The minimum Gasteiger partial charge on any atom is -0.491 e. The number of aryl methyl sites for hydroxylation is 1. The summed E-state index contributed by atoms with van der Waals surface area (Å²) in [4.78, 5) is 14.9. The van der Waals surface area contributed by atoms with Gasteiger partial charge in [-0.25, -0.2) is 9.78 Å². The van der Waals surface area contributed by atoms with Gasteiger partial charge in [-0.3, -0.25) is 0 Å². The molecule has 3 N–H and O–H groups in total. The highest BCUT2D eigenvalue weighted by atomic mass is 16.5. The first-order valence-electron chi connectivity index (χ1n) is 7.56. The zero-order valence-electron chi connectivity index (χ0n) is 14.1. The summed E-state index contributed by atoms with van der Waals surface area (Å²) in [5.74, 6) is 0.335. The fourth-order valence-corrected chi connectivity index (χ4v) is 2.03. The van der Waals surface area contributed by atoms with Crippen LogP contribution >= 0.6 is 0 Å².